The van der Waals surface area contributed by atoms with E-state index in [1.165, 1.54) is 0 Å². The summed E-state index contributed by atoms with van der Waals surface area (Å²) < 4.78 is 6.97. The van der Waals surface area contributed by atoms with Gasteiger partial charge in [0.2, 0.25) is 0 Å². The molecule has 5 nitrogen and oxygen atoms in total. The van der Waals surface area contributed by atoms with Crippen molar-refractivity contribution in [3.8, 4) is 33.4 Å². The third kappa shape index (κ3) is 6.08. The Bertz CT molecular complexity index is 1360. The lowest BCUT2D eigenvalue weighted by Crippen LogP contribution is -2.15. The molecule has 184 valence electrons. The fourth-order valence-electron chi connectivity index (χ4n) is 3.98. The van der Waals surface area contributed by atoms with Gasteiger partial charge >= 0.3 is 0 Å². The number of hydrogen-bond acceptors (Lipinski definition) is 7. The number of aromatic nitrogens is 1. The largest absolute Gasteiger partial charge is 0.493 e. The van der Waals surface area contributed by atoms with Crippen molar-refractivity contribution in [1.82, 2.24) is 9.88 Å². The maximum absolute atomic E-state index is 10.00. The van der Waals surface area contributed by atoms with Crippen LogP contribution >= 0.6 is 23.1 Å². The molecule has 0 bridgehead atoms. The van der Waals surface area contributed by atoms with Gasteiger partial charge in [0.15, 0.2) is 0 Å². The first-order chi connectivity index (χ1) is 17.5. The van der Waals surface area contributed by atoms with Gasteiger partial charge in [0.25, 0.3) is 0 Å². The summed E-state index contributed by atoms with van der Waals surface area (Å²) in [5, 5.41) is 13.5. The maximum atomic E-state index is 10.00. The topological polar surface area (TPSA) is 61.2 Å². The van der Waals surface area contributed by atoms with E-state index in [9.17, 15) is 5.26 Å². The fraction of sp³-hybridized carbons (Fsp3) is 0.241. The van der Waals surface area contributed by atoms with Gasteiger partial charge in [0.1, 0.15) is 11.8 Å². The van der Waals surface area contributed by atoms with E-state index in [0.29, 0.717) is 12.2 Å². The van der Waals surface area contributed by atoms with Crippen molar-refractivity contribution in [2.45, 2.75) is 17.6 Å². The van der Waals surface area contributed by atoms with Gasteiger partial charge in [-0.15, -0.1) is 23.1 Å². The third-order valence-corrected chi connectivity index (χ3v) is 8.09. The number of nitriles is 1. The quantitative estimate of drug-likeness (QED) is 0.175. The van der Waals surface area contributed by atoms with Crippen molar-refractivity contribution in [1.29, 1.82) is 5.26 Å². The van der Waals surface area contributed by atoms with E-state index in [4.69, 9.17) is 4.74 Å². The number of thioether (sulfide) groups is 1. The summed E-state index contributed by atoms with van der Waals surface area (Å²) in [5.74, 6) is 0.853. The molecule has 0 atom stereocenters. The fourth-order valence-corrected chi connectivity index (χ4v) is 6.00. The second-order valence-electron chi connectivity index (χ2n) is 8.71. The average molecular weight is 515 g/mol. The molecule has 0 spiro atoms. The number of thiophene rings is 1. The smallest absolute Gasteiger partial charge is 0.121 e. The molecule has 0 amide bonds. The van der Waals surface area contributed by atoms with Gasteiger partial charge in [0, 0.05) is 52.4 Å². The van der Waals surface area contributed by atoms with E-state index in [2.05, 4.69) is 60.5 Å². The highest BCUT2D eigenvalue weighted by Gasteiger charge is 2.22. The average Bonchev–Trinajstić information content (AvgIpc) is 3.27. The molecule has 2 aromatic carbocycles. The summed E-state index contributed by atoms with van der Waals surface area (Å²) in [5.41, 5.74) is 6.84. The Morgan fingerprint density at radius 1 is 1.11 bits per heavy atom. The zero-order valence-electron chi connectivity index (χ0n) is 21.0. The molecule has 0 aliphatic heterocycles. The standard InChI is InChI=1S/C29H30N4OS2/c1-20-11-12-23(32-22-9-5-10-24(16-22)34-15-7-14-33(2)3)17-25(20)28-27(21-8-6-13-31-19-21)26(18-30)29(35-4)36-28/h5-6,8-13,16-17,19,32H,7,14-15H2,1-4H3. The molecule has 2 heterocycles. The van der Waals surface area contributed by atoms with Crippen LogP contribution in [0.2, 0.25) is 0 Å². The summed E-state index contributed by atoms with van der Waals surface area (Å²) in [4.78, 5) is 7.55. The van der Waals surface area contributed by atoms with E-state index >= 15 is 0 Å². The molecule has 0 saturated heterocycles. The summed E-state index contributed by atoms with van der Waals surface area (Å²) in [6.45, 7) is 3.79. The number of rotatable bonds is 10. The van der Waals surface area contributed by atoms with Crippen LogP contribution in [-0.2, 0) is 0 Å². The molecule has 0 aliphatic rings. The lowest BCUT2D eigenvalue weighted by molar-refractivity contribution is 0.281. The molecule has 4 rings (SSSR count). The molecular formula is C29H30N4OS2. The zero-order valence-corrected chi connectivity index (χ0v) is 22.7. The van der Waals surface area contributed by atoms with Crippen LogP contribution < -0.4 is 10.1 Å². The maximum Gasteiger partial charge on any atom is 0.121 e. The van der Waals surface area contributed by atoms with E-state index < -0.39 is 0 Å². The first kappa shape index (κ1) is 25.8. The molecule has 0 saturated carbocycles. The molecule has 36 heavy (non-hydrogen) atoms. The molecular weight excluding hydrogens is 484 g/mol. The SMILES string of the molecule is CSc1sc(-c2cc(Nc3cccc(OCCCN(C)C)c3)ccc2C)c(-c2cccnc2)c1C#N. The van der Waals surface area contributed by atoms with Crippen LogP contribution in [0.3, 0.4) is 0 Å². The number of ether oxygens (including phenoxy) is 1. The van der Waals surface area contributed by atoms with E-state index in [1.807, 2.05) is 48.9 Å². The lowest BCUT2D eigenvalue weighted by Gasteiger charge is -2.14. The second-order valence-corrected chi connectivity index (χ2v) is 10.8. The van der Waals surface area contributed by atoms with Crippen molar-refractivity contribution in [2.24, 2.45) is 0 Å². The first-order valence-electron chi connectivity index (χ1n) is 11.8. The number of benzene rings is 2. The third-order valence-electron chi connectivity index (χ3n) is 5.75. The van der Waals surface area contributed by atoms with Crippen LogP contribution in [0.25, 0.3) is 21.6 Å². The van der Waals surface area contributed by atoms with Crippen LogP contribution in [0.4, 0.5) is 11.4 Å². The van der Waals surface area contributed by atoms with Crippen LogP contribution in [0, 0.1) is 18.3 Å². The van der Waals surface area contributed by atoms with Crippen molar-refractivity contribution < 1.29 is 4.74 Å². The molecule has 0 fully saturated rings. The highest BCUT2D eigenvalue weighted by Crippen LogP contribution is 2.47. The highest BCUT2D eigenvalue weighted by molar-refractivity contribution is 8.00. The summed E-state index contributed by atoms with van der Waals surface area (Å²) >= 11 is 3.28. The number of aryl methyl sites for hydroxylation is 1. The number of hydrogen-bond donors (Lipinski definition) is 1. The molecule has 0 aliphatic carbocycles. The van der Waals surface area contributed by atoms with Crippen molar-refractivity contribution in [2.75, 3.05) is 38.8 Å². The molecule has 2 aromatic heterocycles. The normalized spacial score (nSPS) is 10.9. The molecule has 1 N–H and O–H groups in total. The van der Waals surface area contributed by atoms with Gasteiger partial charge in [-0.2, -0.15) is 5.26 Å². The molecule has 0 unspecified atom stereocenters. The Kier molecular flexibility index (Phi) is 8.65. The van der Waals surface area contributed by atoms with Gasteiger partial charge in [0.05, 0.1) is 16.4 Å². The van der Waals surface area contributed by atoms with Crippen LogP contribution in [0.1, 0.15) is 17.5 Å². The Morgan fingerprint density at radius 2 is 1.94 bits per heavy atom. The molecule has 0 radical (unpaired) electrons. The van der Waals surface area contributed by atoms with Crippen molar-refractivity contribution in [3.05, 3.63) is 78.1 Å². The van der Waals surface area contributed by atoms with Crippen LogP contribution in [0.5, 0.6) is 5.75 Å². The van der Waals surface area contributed by atoms with Crippen LogP contribution in [0.15, 0.2) is 71.2 Å². The lowest BCUT2D eigenvalue weighted by atomic mass is 9.97. The summed E-state index contributed by atoms with van der Waals surface area (Å²) in [6.07, 6.45) is 6.59. The summed E-state index contributed by atoms with van der Waals surface area (Å²) in [6, 6.07) is 20.8. The molecule has 4 aromatic rings. The van der Waals surface area contributed by atoms with Gasteiger partial charge in [-0.05, 0) is 75.2 Å². The Hall–Kier alpha value is -3.31. The predicted octanol–water partition coefficient (Wildman–Crippen LogP) is 7.45. The minimum Gasteiger partial charge on any atom is -0.493 e. The predicted molar refractivity (Wildman–Crippen MR) is 153 cm³/mol. The highest BCUT2D eigenvalue weighted by atomic mass is 32.2. The van der Waals surface area contributed by atoms with Gasteiger partial charge < -0.3 is 15.0 Å². The first-order valence-corrected chi connectivity index (χ1v) is 13.8. The molecule has 7 heteroatoms. The van der Waals surface area contributed by atoms with Crippen molar-refractivity contribution in [3.63, 3.8) is 0 Å². The van der Waals surface area contributed by atoms with Crippen LogP contribution in [-0.4, -0.2) is 43.4 Å². The summed E-state index contributed by atoms with van der Waals surface area (Å²) in [7, 11) is 4.14. The van der Waals surface area contributed by atoms with Gasteiger partial charge in [-0.3, -0.25) is 4.98 Å². The second kappa shape index (κ2) is 12.1. The Balaban J connectivity index is 1.64. The van der Waals surface area contributed by atoms with E-state index in [0.717, 1.165) is 61.4 Å². The number of nitrogens with zero attached hydrogens (tertiary/aromatic N) is 3. The van der Waals surface area contributed by atoms with E-state index in [-0.39, 0.29) is 0 Å². The van der Waals surface area contributed by atoms with Crippen molar-refractivity contribution >= 4 is 34.5 Å². The van der Waals surface area contributed by atoms with Gasteiger partial charge in [-0.25, -0.2) is 0 Å². The number of pyridine rings is 1. The Morgan fingerprint density at radius 3 is 2.67 bits per heavy atom. The minimum absolute atomic E-state index is 0.685. The van der Waals surface area contributed by atoms with Gasteiger partial charge in [-0.1, -0.05) is 18.2 Å². The monoisotopic (exact) mass is 514 g/mol. The zero-order chi connectivity index (χ0) is 25.5. The minimum atomic E-state index is 0.685. The Labute approximate surface area is 221 Å². The number of nitrogens with one attached hydrogen (secondary N) is 1. The number of anilines is 2. The van der Waals surface area contributed by atoms with E-state index in [1.54, 1.807) is 29.3 Å².